The fourth-order valence-electron chi connectivity index (χ4n) is 17.1. The van der Waals surface area contributed by atoms with E-state index in [2.05, 4.69) is 231 Å². The van der Waals surface area contributed by atoms with Crippen LogP contribution < -0.4 is 26.2 Å². The SMILES string of the molecule is CC(C)(C)c1ccc(-c2cc(C(C)(C)C)ccc2N2c3ccc(C(C)(C)C)cc3B3c4cc5c(cc4N(c4ccc6c(c4)C(C)(C)CCC6(C)C)c4cc(C67CC8CC(CC(C8)C6)C7)cc2c43)C(C)(C)CCC5(C)C)cc1. The Balaban J connectivity index is 1.17. The highest BCUT2D eigenvalue weighted by molar-refractivity contribution is 7.00. The number of fused-ring (bicyclic) bond motifs is 6. The summed E-state index contributed by atoms with van der Waals surface area (Å²) in [6, 6.07) is 43.8. The zero-order chi connectivity index (χ0) is 54.5. The van der Waals surface area contributed by atoms with Gasteiger partial charge in [0.25, 0.3) is 6.71 Å². The molecule has 0 radical (unpaired) electrons. The van der Waals surface area contributed by atoms with Crippen LogP contribution in [0.25, 0.3) is 11.1 Å². The second-order valence-electron chi connectivity index (χ2n) is 32.3. The summed E-state index contributed by atoms with van der Waals surface area (Å²) < 4.78 is 0. The first-order valence-electron chi connectivity index (χ1n) is 30.5. The van der Waals surface area contributed by atoms with E-state index in [-0.39, 0.29) is 50.0 Å². The first-order chi connectivity index (χ1) is 35.9. The maximum Gasteiger partial charge on any atom is 0.252 e. The van der Waals surface area contributed by atoms with Gasteiger partial charge in [0.15, 0.2) is 0 Å². The zero-order valence-electron chi connectivity index (χ0n) is 50.6. The van der Waals surface area contributed by atoms with Crippen molar-refractivity contribution in [2.75, 3.05) is 9.80 Å². The first-order valence-corrected chi connectivity index (χ1v) is 30.5. The molecule has 8 aliphatic rings. The second kappa shape index (κ2) is 16.5. The van der Waals surface area contributed by atoms with Gasteiger partial charge in [-0.3, -0.25) is 0 Å². The minimum atomic E-state index is -0.0330. The van der Waals surface area contributed by atoms with Crippen LogP contribution in [-0.2, 0) is 43.3 Å². The summed E-state index contributed by atoms with van der Waals surface area (Å²) in [6.07, 6.45) is 13.1. The molecule has 4 saturated carbocycles. The van der Waals surface area contributed by atoms with E-state index >= 15 is 0 Å². The molecular formula is C74H91BN2. The van der Waals surface area contributed by atoms with Gasteiger partial charge in [0.05, 0.1) is 5.69 Å². The molecule has 2 nitrogen and oxygen atoms in total. The second-order valence-corrected chi connectivity index (χ2v) is 32.3. The zero-order valence-corrected chi connectivity index (χ0v) is 50.6. The van der Waals surface area contributed by atoms with Crippen molar-refractivity contribution in [3.8, 4) is 11.1 Å². The van der Waals surface area contributed by atoms with E-state index in [1.807, 2.05) is 0 Å². The molecular weight excluding hydrogens is 928 g/mol. The van der Waals surface area contributed by atoms with E-state index in [0.717, 1.165) is 17.8 Å². The van der Waals surface area contributed by atoms with Crippen LogP contribution in [-0.4, -0.2) is 6.71 Å². The fraction of sp³-hybridized carbons (Fsp3) is 0.514. The number of benzene rings is 6. The molecule has 0 N–H and O–H groups in total. The molecule has 3 heteroatoms. The van der Waals surface area contributed by atoms with Gasteiger partial charge in [-0.15, -0.1) is 0 Å². The van der Waals surface area contributed by atoms with Crippen molar-refractivity contribution in [1.82, 2.24) is 0 Å². The lowest BCUT2D eigenvalue weighted by atomic mass is 9.32. The van der Waals surface area contributed by atoms with Gasteiger partial charge >= 0.3 is 0 Å². The fourth-order valence-corrected chi connectivity index (χ4v) is 17.1. The van der Waals surface area contributed by atoms with Gasteiger partial charge in [0, 0.05) is 34.0 Å². The van der Waals surface area contributed by atoms with Crippen molar-refractivity contribution in [1.29, 1.82) is 0 Å². The number of nitrogens with zero attached hydrogens (tertiary/aromatic N) is 2. The summed E-state index contributed by atoms with van der Waals surface area (Å²) in [4.78, 5) is 5.64. The molecule has 6 aromatic carbocycles. The van der Waals surface area contributed by atoms with Gasteiger partial charge in [0.1, 0.15) is 0 Å². The molecule has 2 aliphatic heterocycles. The molecule has 77 heavy (non-hydrogen) atoms. The van der Waals surface area contributed by atoms with Crippen LogP contribution in [0.2, 0.25) is 0 Å². The standard InChI is InChI=1S/C74H91BN2/c1-67(2,3)49-20-18-48(19-21-49)54-35-50(68(4,5)6)22-26-61(54)77-62-27-23-51(69(7,8)9)36-59(62)75-60-40-57-58(73(16,17)31-30-72(57,14)15)41-63(60)76(53-24-25-55-56(39-53)71(12,13)29-28-70(55,10)11)64-37-52(38-65(77)66(64)75)74-42-45-32-46(43-74)34-47(33-45)44-74/h18-27,35-41,45-47H,28-34,42-44H2,1-17H3. The van der Waals surface area contributed by atoms with Crippen LogP contribution in [0.15, 0.2) is 103 Å². The first kappa shape index (κ1) is 51.4. The minimum Gasteiger partial charge on any atom is -0.311 e. The largest absolute Gasteiger partial charge is 0.311 e. The van der Waals surface area contributed by atoms with Crippen molar-refractivity contribution < 1.29 is 0 Å². The third kappa shape index (κ3) is 8.04. The Morgan fingerprint density at radius 2 is 0.857 bits per heavy atom. The van der Waals surface area contributed by atoms with Crippen molar-refractivity contribution in [3.63, 3.8) is 0 Å². The molecule has 0 amide bonds. The average Bonchev–Trinajstić information content (AvgIpc) is 3.53. The molecule has 400 valence electrons. The molecule has 6 aliphatic carbocycles. The Morgan fingerprint density at radius 1 is 0.403 bits per heavy atom. The lowest BCUT2D eigenvalue weighted by Crippen LogP contribution is -2.62. The molecule has 6 aromatic rings. The molecule has 4 fully saturated rings. The normalized spacial score (nSPS) is 24.9. The topological polar surface area (TPSA) is 6.48 Å². The van der Waals surface area contributed by atoms with Crippen LogP contribution in [0.1, 0.15) is 226 Å². The van der Waals surface area contributed by atoms with E-state index in [9.17, 15) is 0 Å². The lowest BCUT2D eigenvalue weighted by molar-refractivity contribution is -0.00514. The summed E-state index contributed by atoms with van der Waals surface area (Å²) in [7, 11) is 0. The van der Waals surface area contributed by atoms with Crippen LogP contribution in [0.3, 0.4) is 0 Å². The molecule has 0 unspecified atom stereocenters. The van der Waals surface area contributed by atoms with E-state index in [4.69, 9.17) is 0 Å². The van der Waals surface area contributed by atoms with Crippen molar-refractivity contribution in [2.45, 2.75) is 225 Å². The summed E-state index contributed by atoms with van der Waals surface area (Å²) >= 11 is 0. The van der Waals surface area contributed by atoms with Gasteiger partial charge in [-0.05, 0) is 240 Å². The Labute approximate surface area is 466 Å². The van der Waals surface area contributed by atoms with Gasteiger partial charge in [-0.25, -0.2) is 0 Å². The number of anilines is 6. The third-order valence-corrected chi connectivity index (χ3v) is 21.8. The van der Waals surface area contributed by atoms with Gasteiger partial charge < -0.3 is 9.80 Å². The summed E-state index contributed by atoms with van der Waals surface area (Å²) in [5.74, 6) is 2.51. The maximum atomic E-state index is 2.84. The highest BCUT2D eigenvalue weighted by atomic mass is 15.2. The highest BCUT2D eigenvalue weighted by Gasteiger charge is 2.54. The van der Waals surface area contributed by atoms with E-state index in [1.54, 1.807) is 16.7 Å². The smallest absolute Gasteiger partial charge is 0.252 e. The summed E-state index contributed by atoms with van der Waals surface area (Å²) in [5, 5.41) is 0. The van der Waals surface area contributed by atoms with Gasteiger partial charge in [0.2, 0.25) is 0 Å². The lowest BCUT2D eigenvalue weighted by Gasteiger charge is -2.57. The molecule has 2 heterocycles. The van der Waals surface area contributed by atoms with Crippen molar-refractivity contribution in [3.05, 3.63) is 148 Å². The Hall–Kier alpha value is -5.02. The quantitative estimate of drug-likeness (QED) is 0.162. The van der Waals surface area contributed by atoms with E-state index in [0.29, 0.717) is 0 Å². The van der Waals surface area contributed by atoms with Crippen LogP contribution in [0.4, 0.5) is 34.1 Å². The van der Waals surface area contributed by atoms with E-state index < -0.39 is 0 Å². The van der Waals surface area contributed by atoms with Gasteiger partial charge in [-0.2, -0.15) is 0 Å². The maximum absolute atomic E-state index is 2.84. The molecule has 0 spiro atoms. The van der Waals surface area contributed by atoms with E-state index in [1.165, 1.54) is 154 Å². The number of hydrogen-bond donors (Lipinski definition) is 0. The third-order valence-electron chi connectivity index (χ3n) is 21.8. The monoisotopic (exact) mass is 1020 g/mol. The highest BCUT2D eigenvalue weighted by Crippen LogP contribution is 2.62. The van der Waals surface area contributed by atoms with Crippen LogP contribution in [0.5, 0.6) is 0 Å². The van der Waals surface area contributed by atoms with Crippen LogP contribution in [0, 0.1) is 17.8 Å². The minimum absolute atomic E-state index is 0.0208. The molecule has 14 rings (SSSR count). The Kier molecular flexibility index (Phi) is 11.0. The van der Waals surface area contributed by atoms with Crippen LogP contribution >= 0.6 is 0 Å². The predicted octanol–water partition coefficient (Wildman–Crippen LogP) is 18.5. The number of hydrogen-bond acceptors (Lipinski definition) is 2. The Morgan fingerprint density at radius 3 is 1.40 bits per heavy atom. The molecule has 0 atom stereocenters. The summed E-state index contributed by atoms with van der Waals surface area (Å²) in [5.41, 5.74) is 27.5. The number of rotatable bonds is 4. The molecule has 0 aromatic heterocycles. The van der Waals surface area contributed by atoms with Crippen molar-refractivity contribution >= 4 is 57.2 Å². The van der Waals surface area contributed by atoms with Gasteiger partial charge in [-0.1, -0.05) is 172 Å². The average molecular weight is 1020 g/mol. The van der Waals surface area contributed by atoms with Crippen molar-refractivity contribution in [2.24, 2.45) is 17.8 Å². The molecule has 4 bridgehead atoms. The Bertz CT molecular complexity index is 3370. The summed E-state index contributed by atoms with van der Waals surface area (Å²) in [6.45, 7) is 41.6. The molecule has 0 saturated heterocycles. The predicted molar refractivity (Wildman–Crippen MR) is 332 cm³/mol.